The predicted molar refractivity (Wildman–Crippen MR) is 167 cm³/mol. The van der Waals surface area contributed by atoms with Crippen molar-refractivity contribution < 1.29 is 54.4 Å². The fraction of sp³-hybridized carbons (Fsp3) is 0.931. The van der Waals surface area contributed by atoms with Gasteiger partial charge in [0.1, 0.15) is 36.1 Å². The van der Waals surface area contributed by atoms with Crippen LogP contribution in [-0.4, -0.2) is 159 Å². The second-order valence-corrected chi connectivity index (χ2v) is 14.2. The highest BCUT2D eigenvalue weighted by Gasteiger charge is 2.60. The van der Waals surface area contributed by atoms with Gasteiger partial charge in [-0.2, -0.15) is 0 Å². The molecule has 3 aliphatic carbocycles. The number of ketones is 1. The summed E-state index contributed by atoms with van der Waals surface area (Å²) in [5.41, 5.74) is 33.4. The third-order valence-corrected chi connectivity index (χ3v) is 10.5. The normalized spacial score (nSPS) is 49.2. The van der Waals surface area contributed by atoms with E-state index in [0.717, 1.165) is 12.8 Å². The number of Topliss-reactive ketones (excluding diaryl/α,β-unsaturated/α-hetero) is 1. The van der Waals surface area contributed by atoms with Gasteiger partial charge < -0.3 is 89.3 Å². The first-order valence-electron chi connectivity index (χ1n) is 16.7. The van der Waals surface area contributed by atoms with Crippen LogP contribution in [0.5, 0.6) is 0 Å². The number of aliphatic imine (C=N–C) groups is 1. The molecule has 0 aromatic carbocycles. The van der Waals surface area contributed by atoms with Crippen molar-refractivity contribution in [3.05, 3.63) is 0 Å². The highest BCUT2D eigenvalue weighted by molar-refractivity contribution is 5.92. The molecule has 2 heterocycles. The number of nitrogens with two attached hydrogens (primary N) is 6. The van der Waals surface area contributed by atoms with E-state index in [1.807, 2.05) is 0 Å². The fourth-order valence-electron chi connectivity index (χ4n) is 7.40. The number of hydrogen-bond donors (Lipinski definition) is 13. The summed E-state index contributed by atoms with van der Waals surface area (Å²) < 4.78 is 24.2. The fourth-order valence-corrected chi connectivity index (χ4v) is 7.40. The summed E-state index contributed by atoms with van der Waals surface area (Å²) in [5, 5.41) is 67.7. The molecule has 0 amide bonds. The van der Waals surface area contributed by atoms with Crippen molar-refractivity contribution in [3.63, 3.8) is 0 Å². The molecule has 19 nitrogen and oxygen atoms in total. The standard InChI is InChI=1S/C29H54N8O11/c30-7-16-15(39)5-14(36-8-10-1-12(31)2-10)26(45-16)48-25-13(32)3-11(4-19(40)29(44)6-18(29)37-28(34)35)24(23(25)43)47-27-22(42)20(33)21(41)17(9-38)46-27/h10-18,20-27,36,38-39,41-44H,1-9,30-33H2,(H4,34,35,37)/t10?,11-,12?,13-,14+,15-,16+,17+,18?,20-,21+,22+,23+,24-,25+,26+,27+,29?/m0/s1. The van der Waals surface area contributed by atoms with Crippen LogP contribution in [0.15, 0.2) is 4.99 Å². The van der Waals surface area contributed by atoms with Crippen molar-refractivity contribution in [2.45, 2.75) is 136 Å². The van der Waals surface area contributed by atoms with Gasteiger partial charge in [0.15, 0.2) is 24.3 Å². The molecule has 48 heavy (non-hydrogen) atoms. The van der Waals surface area contributed by atoms with Gasteiger partial charge in [-0.05, 0) is 44.1 Å². The van der Waals surface area contributed by atoms with Crippen molar-refractivity contribution in [2.24, 2.45) is 51.2 Å². The highest BCUT2D eigenvalue weighted by atomic mass is 16.7. The molecular weight excluding hydrogens is 636 g/mol. The first-order valence-corrected chi connectivity index (χ1v) is 16.7. The first-order chi connectivity index (χ1) is 22.7. The minimum atomic E-state index is -1.82. The van der Waals surface area contributed by atoms with Gasteiger partial charge in [-0.25, -0.2) is 4.99 Å². The van der Waals surface area contributed by atoms with Crippen LogP contribution >= 0.6 is 0 Å². The maximum Gasteiger partial charge on any atom is 0.186 e. The molecule has 5 rings (SSSR count). The van der Waals surface area contributed by atoms with Crippen LogP contribution in [-0.2, 0) is 23.7 Å². The second kappa shape index (κ2) is 15.3. The van der Waals surface area contributed by atoms with Crippen molar-refractivity contribution in [2.75, 3.05) is 19.7 Å². The molecule has 2 aliphatic heterocycles. The molecule has 0 aromatic heterocycles. The van der Waals surface area contributed by atoms with Crippen LogP contribution in [0.3, 0.4) is 0 Å². The number of carbonyl (C=O) groups is 1. The number of rotatable bonds is 13. The number of guanidine groups is 1. The van der Waals surface area contributed by atoms with Gasteiger partial charge in [0.05, 0.1) is 43.0 Å². The Morgan fingerprint density at radius 2 is 1.58 bits per heavy atom. The van der Waals surface area contributed by atoms with E-state index < -0.39 is 109 Å². The van der Waals surface area contributed by atoms with E-state index in [1.54, 1.807) is 0 Å². The van der Waals surface area contributed by atoms with Crippen molar-refractivity contribution in [1.82, 2.24) is 5.32 Å². The zero-order valence-electron chi connectivity index (χ0n) is 26.8. The van der Waals surface area contributed by atoms with E-state index in [2.05, 4.69) is 10.3 Å². The minimum Gasteiger partial charge on any atom is -0.394 e. The van der Waals surface area contributed by atoms with E-state index in [9.17, 15) is 35.4 Å². The number of aliphatic hydroxyl groups excluding tert-OH is 5. The molecule has 19 heteroatoms. The van der Waals surface area contributed by atoms with E-state index in [-0.39, 0.29) is 44.2 Å². The first kappa shape index (κ1) is 37.6. The number of ether oxygens (including phenoxy) is 4. The van der Waals surface area contributed by atoms with Gasteiger partial charge in [-0.1, -0.05) is 0 Å². The second-order valence-electron chi connectivity index (χ2n) is 14.2. The van der Waals surface area contributed by atoms with Gasteiger partial charge in [0, 0.05) is 31.5 Å². The van der Waals surface area contributed by atoms with Gasteiger partial charge >= 0.3 is 0 Å². The smallest absolute Gasteiger partial charge is 0.186 e. The molecule has 16 atom stereocenters. The number of hydrogen-bond acceptors (Lipinski definition) is 17. The SMILES string of the molecule is NC[C@H]1O[C@H](O[C@H]2[C@H](O)[C@@H](O[C@H]3O[C@H](CO)[C@@H](O)[C@H](N)[C@H]3O)[C@H](CC(=O)C3(O)CC3N=C(N)N)C[C@@H]2N)[C@H](NCC2CC(N)C2)C[C@@H]1O. The molecule has 2 saturated heterocycles. The maximum absolute atomic E-state index is 13.4. The maximum atomic E-state index is 13.4. The Morgan fingerprint density at radius 3 is 2.21 bits per heavy atom. The van der Waals surface area contributed by atoms with E-state index in [4.69, 9.17) is 53.3 Å². The predicted octanol–water partition coefficient (Wildman–Crippen LogP) is -6.90. The zero-order valence-corrected chi connectivity index (χ0v) is 26.8. The van der Waals surface area contributed by atoms with Crippen LogP contribution in [0.1, 0.15) is 38.5 Å². The van der Waals surface area contributed by atoms with Gasteiger partial charge in [0.25, 0.3) is 0 Å². The van der Waals surface area contributed by atoms with Gasteiger partial charge in [0.2, 0.25) is 0 Å². The monoisotopic (exact) mass is 690 g/mol. The summed E-state index contributed by atoms with van der Waals surface area (Å²) in [6, 6.07) is -3.31. The Bertz CT molecular complexity index is 1130. The molecular formula is C29H54N8O11. The lowest BCUT2D eigenvalue weighted by Gasteiger charge is -2.49. The van der Waals surface area contributed by atoms with Crippen molar-refractivity contribution in [3.8, 4) is 0 Å². The molecule has 19 N–H and O–H groups in total. The number of carbonyl (C=O) groups excluding carboxylic acids is 1. The summed E-state index contributed by atoms with van der Waals surface area (Å²) in [6.45, 7) is -0.0183. The van der Waals surface area contributed by atoms with Gasteiger partial charge in [-0.15, -0.1) is 0 Å². The summed E-state index contributed by atoms with van der Waals surface area (Å²) in [6.07, 6.45) is -10.6. The molecule has 0 aromatic rings. The third kappa shape index (κ3) is 7.95. The Morgan fingerprint density at radius 1 is 0.917 bits per heavy atom. The molecule has 5 fully saturated rings. The molecule has 3 saturated carbocycles. The van der Waals surface area contributed by atoms with Gasteiger partial charge in [-0.3, -0.25) is 4.79 Å². The van der Waals surface area contributed by atoms with Crippen LogP contribution in [0.4, 0.5) is 0 Å². The largest absolute Gasteiger partial charge is 0.394 e. The number of nitrogens with one attached hydrogen (secondary N) is 1. The lowest BCUT2D eigenvalue weighted by atomic mass is 9.76. The van der Waals surface area contributed by atoms with Crippen molar-refractivity contribution in [1.29, 1.82) is 0 Å². The quantitative estimate of drug-likeness (QED) is 0.0630. The summed E-state index contributed by atoms with van der Waals surface area (Å²) >= 11 is 0. The molecule has 2 unspecified atom stereocenters. The number of aliphatic hydroxyl groups is 6. The van der Waals surface area contributed by atoms with E-state index >= 15 is 0 Å². The molecule has 276 valence electrons. The van der Waals surface area contributed by atoms with Crippen molar-refractivity contribution >= 4 is 11.7 Å². The molecule has 0 bridgehead atoms. The Labute approximate surface area is 278 Å². The molecule has 0 spiro atoms. The molecule has 0 radical (unpaired) electrons. The Kier molecular flexibility index (Phi) is 12.0. The van der Waals surface area contributed by atoms with Crippen LogP contribution in [0.25, 0.3) is 0 Å². The average molecular weight is 691 g/mol. The number of nitrogens with zero attached hydrogens (tertiary/aromatic N) is 1. The lowest BCUT2D eigenvalue weighted by molar-refractivity contribution is -0.320. The third-order valence-electron chi connectivity index (χ3n) is 10.5. The Balaban J connectivity index is 1.35. The summed E-state index contributed by atoms with van der Waals surface area (Å²) in [4.78, 5) is 17.3. The topological polar surface area (TPSA) is 356 Å². The van der Waals surface area contributed by atoms with E-state index in [0.29, 0.717) is 12.5 Å². The zero-order chi connectivity index (χ0) is 35.1. The summed E-state index contributed by atoms with van der Waals surface area (Å²) in [7, 11) is 0. The summed E-state index contributed by atoms with van der Waals surface area (Å²) in [5.74, 6) is -1.36. The Hall–Kier alpha value is -1.66. The van der Waals surface area contributed by atoms with Crippen LogP contribution in [0, 0.1) is 11.8 Å². The lowest BCUT2D eigenvalue weighted by Crippen LogP contribution is -2.66. The molecule has 5 aliphatic rings. The minimum absolute atomic E-state index is 0.00601. The highest BCUT2D eigenvalue weighted by Crippen LogP contribution is 2.44. The van der Waals surface area contributed by atoms with Crippen LogP contribution < -0.4 is 39.7 Å². The van der Waals surface area contributed by atoms with E-state index in [1.165, 1.54) is 0 Å². The average Bonchev–Trinajstić information content (AvgIpc) is 3.68. The van der Waals surface area contributed by atoms with Crippen LogP contribution in [0.2, 0.25) is 0 Å².